The van der Waals surface area contributed by atoms with Crippen LogP contribution >= 0.6 is 0 Å². The molecule has 0 aliphatic carbocycles. The van der Waals surface area contributed by atoms with Gasteiger partial charge in [-0.2, -0.15) is 13.9 Å². The van der Waals surface area contributed by atoms with Crippen molar-refractivity contribution in [3.63, 3.8) is 0 Å². The Morgan fingerprint density at radius 3 is 2.82 bits per heavy atom. The molecule has 13 heteroatoms. The van der Waals surface area contributed by atoms with Crippen molar-refractivity contribution in [1.29, 1.82) is 0 Å². The number of benzene rings is 1. The van der Waals surface area contributed by atoms with Crippen LogP contribution in [-0.4, -0.2) is 61.4 Å². The van der Waals surface area contributed by atoms with Crippen LogP contribution in [0.4, 0.5) is 23.4 Å². The molecule has 4 heterocycles. The van der Waals surface area contributed by atoms with Gasteiger partial charge in [-0.25, -0.2) is 18.7 Å². The van der Waals surface area contributed by atoms with E-state index in [4.69, 9.17) is 10.5 Å². The Hall–Kier alpha value is -4.44. The lowest BCUT2D eigenvalue weighted by atomic mass is 10.1. The fraction of sp³-hybridized carbons (Fsp3) is 0.280. The predicted octanol–water partition coefficient (Wildman–Crippen LogP) is 3.41. The van der Waals surface area contributed by atoms with Crippen LogP contribution in [0.1, 0.15) is 30.3 Å². The molecule has 5 rings (SSSR count). The van der Waals surface area contributed by atoms with E-state index in [0.717, 1.165) is 12.4 Å². The number of nitrogens with two attached hydrogens (primary N) is 1. The first-order valence-corrected chi connectivity index (χ1v) is 11.4. The molecule has 1 fully saturated rings. The number of amides is 1. The highest BCUT2D eigenvalue weighted by atomic mass is 19.3. The van der Waals surface area contributed by atoms with Crippen molar-refractivity contribution >= 4 is 33.7 Å². The Bertz CT molecular complexity index is 1640. The van der Waals surface area contributed by atoms with Gasteiger partial charge in [0, 0.05) is 25.9 Å². The Morgan fingerprint density at radius 1 is 1.32 bits per heavy atom. The Morgan fingerprint density at radius 2 is 2.11 bits per heavy atom. The number of alkyl halides is 2. The molecule has 0 spiro atoms. The van der Waals surface area contributed by atoms with Gasteiger partial charge in [0.1, 0.15) is 29.2 Å². The fourth-order valence-corrected chi connectivity index (χ4v) is 4.77. The summed E-state index contributed by atoms with van der Waals surface area (Å²) in [6, 6.07) is 1.94. The largest absolute Gasteiger partial charge is 0.383 e. The number of ether oxygens (including phenoxy) is 1. The number of hydrogen-bond acceptors (Lipinski definition) is 6. The van der Waals surface area contributed by atoms with Gasteiger partial charge in [-0.15, -0.1) is 0 Å². The number of pyridine rings is 1. The monoisotopic (exact) mass is 527 g/mol. The number of carbonyl (C=O) groups is 1. The number of methoxy groups -OCH3 is 1. The Labute approximate surface area is 213 Å². The summed E-state index contributed by atoms with van der Waals surface area (Å²) in [6.45, 7) is 1.17. The second-order valence-electron chi connectivity index (χ2n) is 8.67. The molecule has 1 aliphatic rings. The van der Waals surface area contributed by atoms with Gasteiger partial charge in [0.15, 0.2) is 5.82 Å². The first-order chi connectivity index (χ1) is 18.2. The van der Waals surface area contributed by atoms with E-state index in [2.05, 4.69) is 33.5 Å². The van der Waals surface area contributed by atoms with Gasteiger partial charge in [-0.1, -0.05) is 12.5 Å². The van der Waals surface area contributed by atoms with Crippen molar-refractivity contribution in [3.05, 3.63) is 60.2 Å². The van der Waals surface area contributed by atoms with Crippen molar-refractivity contribution in [1.82, 2.24) is 29.2 Å². The van der Waals surface area contributed by atoms with Crippen molar-refractivity contribution in [2.75, 3.05) is 26.0 Å². The van der Waals surface area contributed by atoms with E-state index in [-0.39, 0.29) is 29.5 Å². The normalized spacial score (nSPS) is 17.4. The van der Waals surface area contributed by atoms with Gasteiger partial charge >= 0.3 is 6.55 Å². The molecular weight excluding hydrogens is 506 g/mol. The number of halogens is 4. The molecule has 38 heavy (non-hydrogen) atoms. The summed E-state index contributed by atoms with van der Waals surface area (Å²) in [5, 5.41) is 4.94. The summed E-state index contributed by atoms with van der Waals surface area (Å²) < 4.78 is 63.4. The molecular formula is C25H21F4N7O2. The lowest BCUT2D eigenvalue weighted by molar-refractivity contribution is -0.127. The summed E-state index contributed by atoms with van der Waals surface area (Å²) in [6.07, 6.45) is 3.98. The first kappa shape index (κ1) is 25.2. The zero-order valence-corrected chi connectivity index (χ0v) is 20.0. The molecule has 1 unspecified atom stereocenters. The fourth-order valence-electron chi connectivity index (χ4n) is 4.77. The van der Waals surface area contributed by atoms with Crippen LogP contribution in [0.5, 0.6) is 0 Å². The molecule has 4 aromatic rings. The molecule has 2 atom stereocenters. The van der Waals surface area contributed by atoms with Gasteiger partial charge in [-0.05, 0) is 24.5 Å². The van der Waals surface area contributed by atoms with E-state index in [1.807, 2.05) is 0 Å². The minimum Gasteiger partial charge on any atom is -0.383 e. The van der Waals surface area contributed by atoms with Crippen molar-refractivity contribution < 1.29 is 27.1 Å². The minimum absolute atomic E-state index is 0.107. The van der Waals surface area contributed by atoms with Crippen LogP contribution in [0.3, 0.4) is 0 Å². The Balaban J connectivity index is 1.59. The second-order valence-corrected chi connectivity index (χ2v) is 8.67. The molecule has 0 bridgehead atoms. The van der Waals surface area contributed by atoms with Crippen LogP contribution in [0.25, 0.3) is 21.9 Å². The lowest BCUT2D eigenvalue weighted by Gasteiger charge is -2.22. The van der Waals surface area contributed by atoms with Gasteiger partial charge in [0.05, 0.1) is 40.7 Å². The van der Waals surface area contributed by atoms with E-state index in [0.29, 0.717) is 35.0 Å². The zero-order chi connectivity index (χ0) is 27.1. The molecule has 0 saturated carbocycles. The average molecular weight is 527 g/mol. The van der Waals surface area contributed by atoms with E-state index >= 15 is 4.39 Å². The maximum Gasteiger partial charge on any atom is 0.320 e. The first-order valence-electron chi connectivity index (χ1n) is 11.4. The standard InChI is InChI=1S/C25H21F4N7O2/c1-3-20(37)34-10-13(8-14(34)11-38-2)36-18-6-7-31-24(30)21(18)17(33-36)5-4-15-16(26)9-19-23(22(15)27)32-12-35(19)25(28)29/h3,6-7,9,12-14,25H,1,8,10-11H2,2H3,(H2,30,31)/t13?,14-/m1/s1. The number of fused-ring (bicyclic) bond motifs is 2. The van der Waals surface area contributed by atoms with Gasteiger partial charge < -0.3 is 15.4 Å². The molecule has 2 N–H and O–H groups in total. The third kappa shape index (κ3) is 4.12. The van der Waals surface area contributed by atoms with Crippen molar-refractivity contribution in [3.8, 4) is 11.8 Å². The third-order valence-electron chi connectivity index (χ3n) is 6.48. The third-order valence-corrected chi connectivity index (χ3v) is 6.48. The summed E-state index contributed by atoms with van der Waals surface area (Å²) >= 11 is 0. The minimum atomic E-state index is -3.02. The number of nitrogens with zero attached hydrogens (tertiary/aromatic N) is 6. The molecule has 3 aromatic heterocycles. The highest BCUT2D eigenvalue weighted by Crippen LogP contribution is 2.33. The van der Waals surface area contributed by atoms with Crippen LogP contribution in [0.15, 0.2) is 37.3 Å². The number of aromatic nitrogens is 5. The number of rotatable bonds is 5. The number of anilines is 1. The molecule has 196 valence electrons. The second kappa shape index (κ2) is 9.79. The molecule has 0 radical (unpaired) electrons. The predicted molar refractivity (Wildman–Crippen MR) is 130 cm³/mol. The summed E-state index contributed by atoms with van der Waals surface area (Å²) in [5.41, 5.74) is 5.32. The summed E-state index contributed by atoms with van der Waals surface area (Å²) in [4.78, 5) is 21.8. The molecule has 1 aliphatic heterocycles. The van der Waals surface area contributed by atoms with E-state index in [1.165, 1.54) is 12.3 Å². The maximum atomic E-state index is 15.0. The van der Waals surface area contributed by atoms with Crippen LogP contribution in [-0.2, 0) is 9.53 Å². The van der Waals surface area contributed by atoms with Gasteiger partial charge in [0.25, 0.3) is 0 Å². The number of carbonyl (C=O) groups excluding carboxylic acids is 1. The maximum absolute atomic E-state index is 15.0. The highest BCUT2D eigenvalue weighted by molar-refractivity contribution is 5.93. The number of imidazole rings is 1. The van der Waals surface area contributed by atoms with E-state index < -0.39 is 34.8 Å². The topological polar surface area (TPSA) is 104 Å². The molecule has 9 nitrogen and oxygen atoms in total. The number of likely N-dealkylation sites (tertiary alicyclic amines) is 1. The Kier molecular flexibility index (Phi) is 6.50. The lowest BCUT2D eigenvalue weighted by Crippen LogP contribution is -2.37. The highest BCUT2D eigenvalue weighted by Gasteiger charge is 2.36. The SMILES string of the molecule is C=CC(=O)N1CC(n2nc(C#Cc3c(F)cc4c(ncn4C(F)F)c3F)c3c(N)nccc32)C[C@@H]1COC. The van der Waals surface area contributed by atoms with Gasteiger partial charge in [-0.3, -0.25) is 14.0 Å². The quantitative estimate of drug-likeness (QED) is 0.242. The smallest absolute Gasteiger partial charge is 0.320 e. The molecule has 1 amide bonds. The zero-order valence-electron chi connectivity index (χ0n) is 20.0. The van der Waals surface area contributed by atoms with Crippen LogP contribution in [0, 0.1) is 23.5 Å². The summed E-state index contributed by atoms with van der Waals surface area (Å²) in [7, 11) is 1.54. The summed E-state index contributed by atoms with van der Waals surface area (Å²) in [5.74, 6) is 2.65. The molecule has 1 saturated heterocycles. The van der Waals surface area contributed by atoms with E-state index in [9.17, 15) is 18.0 Å². The average Bonchev–Trinajstić information content (AvgIpc) is 3.59. The van der Waals surface area contributed by atoms with Gasteiger partial charge in [0.2, 0.25) is 5.91 Å². The van der Waals surface area contributed by atoms with Crippen LogP contribution < -0.4 is 5.73 Å². The number of nitrogen functional groups attached to an aromatic ring is 1. The van der Waals surface area contributed by atoms with E-state index in [1.54, 1.807) is 22.8 Å². The van der Waals surface area contributed by atoms with Crippen molar-refractivity contribution in [2.24, 2.45) is 0 Å². The van der Waals surface area contributed by atoms with Crippen LogP contribution in [0.2, 0.25) is 0 Å². The van der Waals surface area contributed by atoms with Crippen molar-refractivity contribution in [2.45, 2.75) is 25.1 Å². The molecule has 1 aromatic carbocycles. The number of hydrogen-bond donors (Lipinski definition) is 1.